The lowest BCUT2D eigenvalue weighted by molar-refractivity contribution is 0.774. The maximum atomic E-state index is 4.19. The number of nitrogens with one attached hydrogen (secondary N) is 1. The standard InChI is InChI=1S/C18H31NS2/c1-13-14(2)16(4)18(17(5)15(13)3)7-6-11-21-12-9-19-8-10-20/h19-20H,6-12H2,1-5H3. The number of benzene rings is 1. The van der Waals surface area contributed by atoms with E-state index in [2.05, 4.69) is 64.3 Å². The summed E-state index contributed by atoms with van der Waals surface area (Å²) in [6, 6.07) is 0. The molecule has 0 spiro atoms. The van der Waals surface area contributed by atoms with Crippen LogP contribution in [0, 0.1) is 34.6 Å². The molecule has 0 saturated heterocycles. The van der Waals surface area contributed by atoms with Gasteiger partial charge in [-0.3, -0.25) is 0 Å². The van der Waals surface area contributed by atoms with Crippen molar-refractivity contribution >= 4 is 24.4 Å². The lowest BCUT2D eigenvalue weighted by Crippen LogP contribution is -2.19. The fraction of sp³-hybridized carbons (Fsp3) is 0.667. The zero-order valence-corrected chi connectivity index (χ0v) is 16.0. The molecule has 0 bridgehead atoms. The average Bonchev–Trinajstić information content (AvgIpc) is 2.49. The predicted octanol–water partition coefficient (Wildman–Crippen LogP) is 4.41. The molecule has 0 unspecified atom stereocenters. The van der Waals surface area contributed by atoms with Crippen LogP contribution in [0.4, 0.5) is 0 Å². The van der Waals surface area contributed by atoms with Gasteiger partial charge < -0.3 is 5.32 Å². The third kappa shape index (κ3) is 5.54. The van der Waals surface area contributed by atoms with Crippen molar-refractivity contribution in [1.82, 2.24) is 5.32 Å². The van der Waals surface area contributed by atoms with Gasteiger partial charge in [0.25, 0.3) is 0 Å². The molecular formula is C18H31NS2. The molecule has 0 fully saturated rings. The number of rotatable bonds is 9. The second-order valence-electron chi connectivity index (χ2n) is 5.79. The van der Waals surface area contributed by atoms with Gasteiger partial charge in [0.05, 0.1) is 0 Å². The van der Waals surface area contributed by atoms with Crippen LogP contribution in [-0.2, 0) is 6.42 Å². The van der Waals surface area contributed by atoms with E-state index in [0.29, 0.717) is 0 Å². The Labute approximate surface area is 141 Å². The lowest BCUT2D eigenvalue weighted by Gasteiger charge is -2.18. The van der Waals surface area contributed by atoms with Gasteiger partial charge in [0.1, 0.15) is 0 Å². The van der Waals surface area contributed by atoms with Gasteiger partial charge >= 0.3 is 0 Å². The minimum Gasteiger partial charge on any atom is -0.315 e. The van der Waals surface area contributed by atoms with E-state index in [4.69, 9.17) is 0 Å². The van der Waals surface area contributed by atoms with Crippen molar-refractivity contribution in [3.05, 3.63) is 33.4 Å². The van der Waals surface area contributed by atoms with Gasteiger partial charge in [0.2, 0.25) is 0 Å². The largest absolute Gasteiger partial charge is 0.315 e. The molecule has 0 aliphatic carbocycles. The van der Waals surface area contributed by atoms with Crippen molar-refractivity contribution in [3.8, 4) is 0 Å². The molecule has 21 heavy (non-hydrogen) atoms. The Morgan fingerprint density at radius 1 is 0.810 bits per heavy atom. The number of hydrogen-bond donors (Lipinski definition) is 2. The van der Waals surface area contributed by atoms with E-state index in [1.54, 1.807) is 5.56 Å². The first kappa shape index (κ1) is 18.9. The van der Waals surface area contributed by atoms with E-state index in [1.807, 2.05) is 0 Å². The van der Waals surface area contributed by atoms with Crippen LogP contribution >= 0.6 is 24.4 Å². The highest BCUT2D eigenvalue weighted by Crippen LogP contribution is 2.27. The van der Waals surface area contributed by atoms with Crippen LogP contribution in [0.5, 0.6) is 0 Å². The number of hydrogen-bond acceptors (Lipinski definition) is 3. The summed E-state index contributed by atoms with van der Waals surface area (Å²) in [7, 11) is 0. The quantitative estimate of drug-likeness (QED) is 0.515. The molecule has 1 N–H and O–H groups in total. The van der Waals surface area contributed by atoms with E-state index in [0.717, 1.165) is 18.8 Å². The third-order valence-corrected chi connectivity index (χ3v) is 5.88. The molecule has 0 heterocycles. The van der Waals surface area contributed by atoms with E-state index in [9.17, 15) is 0 Å². The molecule has 3 heteroatoms. The first-order valence-corrected chi connectivity index (χ1v) is 9.74. The summed E-state index contributed by atoms with van der Waals surface area (Å²) >= 11 is 6.25. The molecule has 0 saturated carbocycles. The van der Waals surface area contributed by atoms with Crippen LogP contribution in [0.15, 0.2) is 0 Å². The zero-order chi connectivity index (χ0) is 15.8. The molecular weight excluding hydrogens is 294 g/mol. The summed E-state index contributed by atoms with van der Waals surface area (Å²) in [5.74, 6) is 3.39. The maximum Gasteiger partial charge on any atom is 0.00581 e. The first-order valence-electron chi connectivity index (χ1n) is 7.95. The fourth-order valence-electron chi connectivity index (χ4n) is 2.75. The Hall–Kier alpha value is -0.120. The number of thiol groups is 1. The normalized spacial score (nSPS) is 11.1. The van der Waals surface area contributed by atoms with Gasteiger partial charge in [-0.05, 0) is 86.6 Å². The topological polar surface area (TPSA) is 12.0 Å². The Morgan fingerprint density at radius 2 is 1.38 bits per heavy atom. The Morgan fingerprint density at radius 3 is 1.95 bits per heavy atom. The Balaban J connectivity index is 2.43. The van der Waals surface area contributed by atoms with Crippen molar-refractivity contribution in [2.24, 2.45) is 0 Å². The summed E-state index contributed by atoms with van der Waals surface area (Å²) in [6.07, 6.45) is 2.50. The van der Waals surface area contributed by atoms with Crippen molar-refractivity contribution in [1.29, 1.82) is 0 Å². The molecule has 1 rings (SSSR count). The molecule has 0 aliphatic heterocycles. The highest BCUT2D eigenvalue weighted by molar-refractivity contribution is 7.99. The molecule has 1 nitrogen and oxygen atoms in total. The number of thioether (sulfide) groups is 1. The summed E-state index contributed by atoms with van der Waals surface area (Å²) in [5, 5.41) is 3.39. The maximum absolute atomic E-state index is 4.19. The van der Waals surface area contributed by atoms with Crippen molar-refractivity contribution in [3.63, 3.8) is 0 Å². The highest BCUT2D eigenvalue weighted by atomic mass is 32.2. The van der Waals surface area contributed by atoms with Gasteiger partial charge in [0, 0.05) is 24.6 Å². The van der Waals surface area contributed by atoms with E-state index >= 15 is 0 Å². The third-order valence-electron chi connectivity index (χ3n) is 4.58. The van der Waals surface area contributed by atoms with Gasteiger partial charge in [0.15, 0.2) is 0 Å². The predicted molar refractivity (Wildman–Crippen MR) is 102 cm³/mol. The summed E-state index contributed by atoms with van der Waals surface area (Å²) in [5.41, 5.74) is 9.04. The van der Waals surface area contributed by atoms with Gasteiger partial charge in [-0.15, -0.1) is 0 Å². The van der Waals surface area contributed by atoms with Crippen LogP contribution in [0.1, 0.15) is 39.8 Å². The van der Waals surface area contributed by atoms with E-state index < -0.39 is 0 Å². The van der Waals surface area contributed by atoms with Crippen molar-refractivity contribution < 1.29 is 0 Å². The lowest BCUT2D eigenvalue weighted by atomic mass is 9.88. The van der Waals surface area contributed by atoms with Crippen LogP contribution < -0.4 is 5.32 Å². The van der Waals surface area contributed by atoms with Crippen LogP contribution in [0.3, 0.4) is 0 Å². The van der Waals surface area contributed by atoms with E-state index in [-0.39, 0.29) is 0 Å². The molecule has 0 radical (unpaired) electrons. The van der Waals surface area contributed by atoms with Gasteiger partial charge in [-0.2, -0.15) is 24.4 Å². The van der Waals surface area contributed by atoms with Gasteiger partial charge in [-0.25, -0.2) is 0 Å². The zero-order valence-electron chi connectivity index (χ0n) is 14.3. The SMILES string of the molecule is Cc1c(C)c(C)c(CCCSCCNCCS)c(C)c1C. The molecule has 0 aromatic heterocycles. The minimum atomic E-state index is 0.926. The second kappa shape index (κ2) is 9.81. The highest BCUT2D eigenvalue weighted by Gasteiger charge is 2.11. The van der Waals surface area contributed by atoms with Crippen LogP contribution in [-0.4, -0.2) is 30.3 Å². The molecule has 120 valence electrons. The van der Waals surface area contributed by atoms with Crippen LogP contribution in [0.25, 0.3) is 0 Å². The summed E-state index contributed by atoms with van der Waals surface area (Å²) in [4.78, 5) is 0. The Kier molecular flexibility index (Phi) is 8.84. The van der Waals surface area contributed by atoms with Crippen molar-refractivity contribution in [2.45, 2.75) is 47.5 Å². The molecule has 1 aromatic rings. The minimum absolute atomic E-state index is 0.926. The monoisotopic (exact) mass is 325 g/mol. The van der Waals surface area contributed by atoms with Gasteiger partial charge in [-0.1, -0.05) is 0 Å². The first-order chi connectivity index (χ1) is 10.0. The molecule has 0 amide bonds. The second-order valence-corrected chi connectivity index (χ2v) is 7.47. The fourth-order valence-corrected chi connectivity index (χ4v) is 3.75. The molecule has 1 aromatic carbocycles. The van der Waals surface area contributed by atoms with E-state index in [1.165, 1.54) is 52.2 Å². The molecule has 0 aliphatic rings. The van der Waals surface area contributed by atoms with Crippen molar-refractivity contribution in [2.75, 3.05) is 30.3 Å². The summed E-state index contributed by atoms with van der Waals surface area (Å²) in [6.45, 7) is 13.5. The average molecular weight is 326 g/mol. The smallest absolute Gasteiger partial charge is 0.00581 e. The summed E-state index contributed by atoms with van der Waals surface area (Å²) < 4.78 is 0. The Bertz CT molecular complexity index is 426. The molecule has 0 atom stereocenters. The van der Waals surface area contributed by atoms with Crippen LogP contribution in [0.2, 0.25) is 0 Å².